The van der Waals surface area contributed by atoms with Crippen LogP contribution < -0.4 is 4.74 Å². The Kier molecular flexibility index (Phi) is 5.59. The number of ether oxygens (including phenoxy) is 1. The summed E-state index contributed by atoms with van der Waals surface area (Å²) in [5.74, 6) is 0.677. The Morgan fingerprint density at radius 1 is 1.17 bits per heavy atom. The van der Waals surface area contributed by atoms with Crippen LogP contribution in [0.1, 0.15) is 30.3 Å². The molecule has 0 bridgehead atoms. The number of carbonyl (C=O) groups excluding carboxylic acids is 1. The van der Waals surface area contributed by atoms with E-state index in [9.17, 15) is 9.90 Å². The van der Waals surface area contributed by atoms with E-state index in [2.05, 4.69) is 5.10 Å². The molecular weight excluding hydrogens is 378 g/mol. The van der Waals surface area contributed by atoms with Gasteiger partial charge in [-0.15, -0.1) is 0 Å². The largest absolute Gasteiger partial charge is 0.497 e. The molecule has 4 rings (SSSR count). The zero-order valence-electron chi connectivity index (χ0n) is 17.4. The first-order valence-corrected chi connectivity index (χ1v) is 10.2. The van der Waals surface area contributed by atoms with Gasteiger partial charge >= 0.3 is 0 Å². The highest BCUT2D eigenvalue weighted by Gasteiger charge is 2.34. The molecule has 0 aliphatic carbocycles. The van der Waals surface area contributed by atoms with Crippen molar-refractivity contribution in [3.05, 3.63) is 66.4 Å². The normalized spacial score (nSPS) is 19.0. The van der Waals surface area contributed by atoms with Crippen LogP contribution in [0, 0.1) is 5.41 Å². The fourth-order valence-electron chi connectivity index (χ4n) is 4.00. The number of amides is 1. The van der Waals surface area contributed by atoms with Gasteiger partial charge in [0.1, 0.15) is 5.75 Å². The van der Waals surface area contributed by atoms with E-state index in [1.807, 2.05) is 77.2 Å². The van der Waals surface area contributed by atoms with Crippen molar-refractivity contribution in [2.45, 2.75) is 19.8 Å². The lowest BCUT2D eigenvalue weighted by atomic mass is 9.82. The fraction of sp³-hybridized carbons (Fsp3) is 0.333. The van der Waals surface area contributed by atoms with Crippen molar-refractivity contribution in [3.8, 4) is 22.7 Å². The van der Waals surface area contributed by atoms with E-state index in [0.717, 1.165) is 35.5 Å². The van der Waals surface area contributed by atoms with Crippen LogP contribution in [0.15, 0.2) is 60.7 Å². The van der Waals surface area contributed by atoms with E-state index in [0.29, 0.717) is 18.8 Å². The number of para-hydroxylation sites is 1. The van der Waals surface area contributed by atoms with Gasteiger partial charge in [0.2, 0.25) is 0 Å². The number of nitrogens with zero attached hydrogens (tertiary/aromatic N) is 3. The molecule has 6 nitrogen and oxygen atoms in total. The molecule has 1 saturated heterocycles. The summed E-state index contributed by atoms with van der Waals surface area (Å²) in [5.41, 5.74) is 2.83. The second-order valence-corrected chi connectivity index (χ2v) is 8.19. The van der Waals surface area contributed by atoms with Crippen LogP contribution in [0.25, 0.3) is 16.9 Å². The number of hydrogen-bond donors (Lipinski definition) is 1. The van der Waals surface area contributed by atoms with Gasteiger partial charge in [-0.05, 0) is 55.3 Å². The summed E-state index contributed by atoms with van der Waals surface area (Å²) in [7, 11) is 1.64. The zero-order valence-corrected chi connectivity index (χ0v) is 17.4. The lowest BCUT2D eigenvalue weighted by molar-refractivity contribution is 0.0353. The monoisotopic (exact) mass is 405 g/mol. The number of carbonyl (C=O) groups is 1. The van der Waals surface area contributed by atoms with Gasteiger partial charge in [-0.3, -0.25) is 4.79 Å². The third-order valence-electron chi connectivity index (χ3n) is 5.76. The molecule has 156 valence electrons. The quantitative estimate of drug-likeness (QED) is 0.701. The Bertz CT molecular complexity index is 1010. The number of methoxy groups -OCH3 is 1. The van der Waals surface area contributed by atoms with Gasteiger partial charge in [0.15, 0.2) is 5.69 Å². The topological polar surface area (TPSA) is 67.6 Å². The van der Waals surface area contributed by atoms with Crippen molar-refractivity contribution in [1.29, 1.82) is 0 Å². The Morgan fingerprint density at radius 3 is 2.57 bits per heavy atom. The zero-order chi connectivity index (χ0) is 21.1. The molecule has 30 heavy (non-hydrogen) atoms. The Balaban J connectivity index is 1.72. The minimum absolute atomic E-state index is 0.0757. The van der Waals surface area contributed by atoms with Crippen LogP contribution in [0.2, 0.25) is 0 Å². The average molecular weight is 405 g/mol. The molecule has 1 fully saturated rings. The molecule has 1 atom stereocenters. The SMILES string of the molecule is COc1ccc(-c2cc(C(=O)N3CCCC(C)(CO)C3)nn2-c2ccccc2)cc1. The van der Waals surface area contributed by atoms with Crippen LogP contribution in [-0.4, -0.2) is 52.5 Å². The highest BCUT2D eigenvalue weighted by Crippen LogP contribution is 2.31. The van der Waals surface area contributed by atoms with Crippen molar-refractivity contribution in [3.63, 3.8) is 0 Å². The third kappa shape index (κ3) is 3.96. The van der Waals surface area contributed by atoms with E-state index in [-0.39, 0.29) is 17.9 Å². The highest BCUT2D eigenvalue weighted by molar-refractivity contribution is 5.93. The lowest BCUT2D eigenvalue weighted by Gasteiger charge is -2.39. The fourth-order valence-corrected chi connectivity index (χ4v) is 4.00. The summed E-state index contributed by atoms with van der Waals surface area (Å²) in [6.07, 6.45) is 1.80. The number of aromatic nitrogens is 2. The van der Waals surface area contributed by atoms with Crippen LogP contribution in [0.4, 0.5) is 0 Å². The van der Waals surface area contributed by atoms with E-state index in [4.69, 9.17) is 4.74 Å². The smallest absolute Gasteiger partial charge is 0.274 e. The van der Waals surface area contributed by atoms with Crippen molar-refractivity contribution >= 4 is 5.91 Å². The minimum atomic E-state index is -0.255. The second kappa shape index (κ2) is 8.32. The van der Waals surface area contributed by atoms with Crippen molar-refractivity contribution in [2.75, 3.05) is 26.8 Å². The van der Waals surface area contributed by atoms with E-state index in [1.165, 1.54) is 0 Å². The number of likely N-dealkylation sites (tertiary alicyclic amines) is 1. The Hall–Kier alpha value is -3.12. The summed E-state index contributed by atoms with van der Waals surface area (Å²) in [5, 5.41) is 14.4. The summed E-state index contributed by atoms with van der Waals surface area (Å²) < 4.78 is 7.08. The lowest BCUT2D eigenvalue weighted by Crippen LogP contribution is -2.46. The van der Waals surface area contributed by atoms with Crippen molar-refractivity contribution in [1.82, 2.24) is 14.7 Å². The summed E-state index contributed by atoms with van der Waals surface area (Å²) in [4.78, 5) is 15.1. The molecule has 1 aromatic heterocycles. The first-order valence-electron chi connectivity index (χ1n) is 10.2. The maximum Gasteiger partial charge on any atom is 0.274 e. The number of rotatable bonds is 5. The Morgan fingerprint density at radius 2 is 1.90 bits per heavy atom. The van der Waals surface area contributed by atoms with E-state index in [1.54, 1.807) is 7.11 Å². The molecule has 1 unspecified atom stereocenters. The van der Waals surface area contributed by atoms with Gasteiger partial charge in [-0.25, -0.2) is 4.68 Å². The van der Waals surface area contributed by atoms with Gasteiger partial charge in [0.25, 0.3) is 5.91 Å². The van der Waals surface area contributed by atoms with Crippen LogP contribution in [-0.2, 0) is 0 Å². The average Bonchev–Trinajstić information content (AvgIpc) is 3.25. The van der Waals surface area contributed by atoms with Crippen LogP contribution in [0.5, 0.6) is 5.75 Å². The molecule has 6 heteroatoms. The Labute approximate surface area is 176 Å². The number of benzene rings is 2. The standard InChI is InChI=1S/C24H27N3O3/c1-24(17-28)13-6-14-26(16-24)23(29)21-15-22(18-9-11-20(30-2)12-10-18)27(25-21)19-7-4-3-5-8-19/h3-5,7-12,15,28H,6,13-14,16-17H2,1-2H3. The van der Waals surface area contributed by atoms with Gasteiger partial charge in [-0.2, -0.15) is 5.10 Å². The summed E-state index contributed by atoms with van der Waals surface area (Å²) in [6, 6.07) is 19.4. The first kappa shape index (κ1) is 20.2. The molecule has 3 aromatic rings. The molecule has 1 aliphatic heterocycles. The predicted molar refractivity (Wildman–Crippen MR) is 116 cm³/mol. The second-order valence-electron chi connectivity index (χ2n) is 8.19. The van der Waals surface area contributed by atoms with Gasteiger partial charge in [0.05, 0.1) is 25.1 Å². The molecule has 0 radical (unpaired) electrons. The first-order chi connectivity index (χ1) is 14.5. The molecule has 0 saturated carbocycles. The number of hydrogen-bond acceptors (Lipinski definition) is 4. The minimum Gasteiger partial charge on any atom is -0.497 e. The molecule has 1 amide bonds. The molecule has 1 N–H and O–H groups in total. The number of aliphatic hydroxyl groups excluding tert-OH is 1. The maximum atomic E-state index is 13.3. The molecule has 2 aromatic carbocycles. The van der Waals surface area contributed by atoms with Crippen molar-refractivity contribution < 1.29 is 14.6 Å². The van der Waals surface area contributed by atoms with Gasteiger partial charge < -0.3 is 14.7 Å². The molecule has 0 spiro atoms. The van der Waals surface area contributed by atoms with Crippen LogP contribution >= 0.6 is 0 Å². The third-order valence-corrected chi connectivity index (χ3v) is 5.76. The highest BCUT2D eigenvalue weighted by atomic mass is 16.5. The van der Waals surface area contributed by atoms with Gasteiger partial charge in [-0.1, -0.05) is 25.1 Å². The molecule has 1 aliphatic rings. The number of aliphatic hydroxyl groups is 1. The summed E-state index contributed by atoms with van der Waals surface area (Å²) >= 11 is 0. The molecular formula is C24H27N3O3. The van der Waals surface area contributed by atoms with E-state index >= 15 is 0 Å². The van der Waals surface area contributed by atoms with E-state index < -0.39 is 0 Å². The molecule has 2 heterocycles. The maximum absolute atomic E-state index is 13.3. The summed E-state index contributed by atoms with van der Waals surface area (Å²) in [6.45, 7) is 3.33. The van der Waals surface area contributed by atoms with Crippen LogP contribution in [0.3, 0.4) is 0 Å². The van der Waals surface area contributed by atoms with Gasteiger partial charge in [0, 0.05) is 24.1 Å². The number of piperidine rings is 1. The predicted octanol–water partition coefficient (Wildman–Crippen LogP) is 3.78. The van der Waals surface area contributed by atoms with Crippen molar-refractivity contribution in [2.24, 2.45) is 5.41 Å².